The highest BCUT2D eigenvalue weighted by molar-refractivity contribution is 7.92. The molecule has 1 aliphatic carbocycles. The predicted molar refractivity (Wildman–Crippen MR) is 85.9 cm³/mol. The molecule has 1 amide bonds. The number of aliphatic carboxylic acids is 1. The standard InChI is InChI=1S/C15H20N2O5S/c1-9-4-5-11(8-13(9)16-23(3,21)22)14(18)17(12-6-7-12)10(2)15(19)20/h4-5,8,10,12,16H,6-7H2,1-3H3,(H,19,20). The summed E-state index contributed by atoms with van der Waals surface area (Å²) in [4.78, 5) is 25.3. The molecule has 1 atom stereocenters. The van der Waals surface area contributed by atoms with E-state index in [9.17, 15) is 23.1 Å². The van der Waals surface area contributed by atoms with Crippen molar-refractivity contribution in [3.8, 4) is 0 Å². The third-order valence-electron chi connectivity index (χ3n) is 3.73. The molecule has 1 unspecified atom stereocenters. The van der Waals surface area contributed by atoms with Crippen molar-refractivity contribution in [1.82, 2.24) is 4.90 Å². The van der Waals surface area contributed by atoms with Gasteiger partial charge in [0.2, 0.25) is 10.0 Å². The van der Waals surface area contributed by atoms with Gasteiger partial charge in [0.15, 0.2) is 0 Å². The SMILES string of the molecule is Cc1ccc(C(=O)N(C2CC2)C(C)C(=O)O)cc1NS(C)(=O)=O. The van der Waals surface area contributed by atoms with Gasteiger partial charge in [0.1, 0.15) is 6.04 Å². The van der Waals surface area contributed by atoms with Gasteiger partial charge in [0, 0.05) is 11.6 Å². The van der Waals surface area contributed by atoms with Crippen LogP contribution in [-0.4, -0.2) is 48.6 Å². The number of rotatable bonds is 6. The molecule has 1 aromatic rings. The second-order valence-electron chi connectivity index (χ2n) is 5.86. The van der Waals surface area contributed by atoms with Crippen LogP contribution in [0.1, 0.15) is 35.7 Å². The quantitative estimate of drug-likeness (QED) is 0.815. The van der Waals surface area contributed by atoms with Gasteiger partial charge in [-0.3, -0.25) is 9.52 Å². The largest absolute Gasteiger partial charge is 0.480 e. The average molecular weight is 340 g/mol. The van der Waals surface area contributed by atoms with Crippen LogP contribution in [0.4, 0.5) is 5.69 Å². The summed E-state index contributed by atoms with van der Waals surface area (Å²) in [7, 11) is -3.47. The Morgan fingerprint density at radius 1 is 1.35 bits per heavy atom. The Hall–Kier alpha value is -2.09. The summed E-state index contributed by atoms with van der Waals surface area (Å²) in [5, 5.41) is 9.19. The first-order valence-corrected chi connectivity index (χ1v) is 9.13. The molecule has 23 heavy (non-hydrogen) atoms. The zero-order valence-corrected chi connectivity index (χ0v) is 14.1. The first-order chi connectivity index (χ1) is 10.6. The molecule has 0 aliphatic heterocycles. The van der Waals surface area contributed by atoms with Crippen LogP contribution in [0.5, 0.6) is 0 Å². The van der Waals surface area contributed by atoms with Crippen LogP contribution >= 0.6 is 0 Å². The van der Waals surface area contributed by atoms with Gasteiger partial charge in [-0.2, -0.15) is 0 Å². The zero-order chi connectivity index (χ0) is 17.4. The Morgan fingerprint density at radius 3 is 2.43 bits per heavy atom. The number of benzene rings is 1. The Kier molecular flexibility index (Phi) is 4.65. The zero-order valence-electron chi connectivity index (χ0n) is 13.2. The van der Waals surface area contributed by atoms with E-state index in [1.807, 2.05) is 0 Å². The number of nitrogens with one attached hydrogen (secondary N) is 1. The number of hydrogen-bond donors (Lipinski definition) is 2. The van der Waals surface area contributed by atoms with Crippen molar-refractivity contribution in [3.63, 3.8) is 0 Å². The molecule has 0 heterocycles. The fourth-order valence-electron chi connectivity index (χ4n) is 2.34. The van der Waals surface area contributed by atoms with Crippen molar-refractivity contribution in [1.29, 1.82) is 0 Å². The summed E-state index contributed by atoms with van der Waals surface area (Å²) < 4.78 is 25.2. The first-order valence-electron chi connectivity index (χ1n) is 7.24. The van der Waals surface area contributed by atoms with Crippen LogP contribution in [0.25, 0.3) is 0 Å². The van der Waals surface area contributed by atoms with Crippen molar-refractivity contribution >= 4 is 27.6 Å². The highest BCUT2D eigenvalue weighted by Crippen LogP contribution is 2.31. The van der Waals surface area contributed by atoms with E-state index < -0.39 is 27.9 Å². The molecule has 1 saturated carbocycles. The molecule has 8 heteroatoms. The highest BCUT2D eigenvalue weighted by Gasteiger charge is 2.38. The van der Waals surface area contributed by atoms with E-state index in [0.717, 1.165) is 19.1 Å². The lowest BCUT2D eigenvalue weighted by Crippen LogP contribution is -2.44. The van der Waals surface area contributed by atoms with E-state index >= 15 is 0 Å². The lowest BCUT2D eigenvalue weighted by molar-refractivity contribution is -0.141. The summed E-state index contributed by atoms with van der Waals surface area (Å²) in [6.45, 7) is 3.20. The normalized spacial score (nSPS) is 15.8. The number of nitrogens with zero attached hydrogens (tertiary/aromatic N) is 1. The highest BCUT2D eigenvalue weighted by atomic mass is 32.2. The van der Waals surface area contributed by atoms with Crippen molar-refractivity contribution in [2.45, 2.75) is 38.8 Å². The van der Waals surface area contributed by atoms with Gasteiger partial charge in [-0.1, -0.05) is 6.07 Å². The van der Waals surface area contributed by atoms with Crippen LogP contribution in [-0.2, 0) is 14.8 Å². The Morgan fingerprint density at radius 2 is 1.96 bits per heavy atom. The summed E-state index contributed by atoms with van der Waals surface area (Å²) in [6, 6.07) is 3.67. The van der Waals surface area contributed by atoms with Gasteiger partial charge in [-0.05, 0) is 44.4 Å². The van der Waals surface area contributed by atoms with E-state index in [2.05, 4.69) is 4.72 Å². The molecule has 0 radical (unpaired) electrons. The van der Waals surface area contributed by atoms with Gasteiger partial charge < -0.3 is 10.0 Å². The number of anilines is 1. The topological polar surface area (TPSA) is 104 Å². The molecule has 7 nitrogen and oxygen atoms in total. The second kappa shape index (κ2) is 6.19. The number of carboxylic acids is 1. The molecule has 2 rings (SSSR count). The number of aryl methyl sites for hydroxylation is 1. The molecule has 1 aliphatic rings. The fourth-order valence-corrected chi connectivity index (χ4v) is 2.96. The number of sulfonamides is 1. The number of hydrogen-bond acceptors (Lipinski definition) is 4. The van der Waals surface area contributed by atoms with Crippen LogP contribution in [0.3, 0.4) is 0 Å². The van der Waals surface area contributed by atoms with Gasteiger partial charge in [-0.15, -0.1) is 0 Å². The molecular weight excluding hydrogens is 320 g/mol. The van der Waals surface area contributed by atoms with E-state index in [1.165, 1.54) is 17.9 Å². The van der Waals surface area contributed by atoms with Crippen LogP contribution in [0.2, 0.25) is 0 Å². The van der Waals surface area contributed by atoms with E-state index in [-0.39, 0.29) is 11.6 Å². The van der Waals surface area contributed by atoms with Gasteiger partial charge in [-0.25, -0.2) is 13.2 Å². The fraction of sp³-hybridized carbons (Fsp3) is 0.467. The molecule has 1 aromatic carbocycles. The van der Waals surface area contributed by atoms with Gasteiger partial charge >= 0.3 is 5.97 Å². The van der Waals surface area contributed by atoms with Crippen molar-refractivity contribution in [2.75, 3.05) is 11.0 Å². The van der Waals surface area contributed by atoms with Crippen LogP contribution in [0, 0.1) is 6.92 Å². The molecular formula is C15H20N2O5S. The third kappa shape index (κ3) is 4.22. The summed E-state index contributed by atoms with van der Waals surface area (Å²) >= 11 is 0. The molecule has 0 saturated heterocycles. The Bertz CT molecular complexity index is 740. The lowest BCUT2D eigenvalue weighted by atomic mass is 10.1. The molecule has 2 N–H and O–H groups in total. The van der Waals surface area contributed by atoms with Crippen molar-refractivity contribution in [3.05, 3.63) is 29.3 Å². The van der Waals surface area contributed by atoms with E-state index in [4.69, 9.17) is 0 Å². The maximum Gasteiger partial charge on any atom is 0.326 e. The minimum absolute atomic E-state index is 0.0683. The average Bonchev–Trinajstić information content (AvgIpc) is 3.24. The monoisotopic (exact) mass is 340 g/mol. The Balaban J connectivity index is 2.34. The number of carbonyl (C=O) groups excluding carboxylic acids is 1. The van der Waals surface area contributed by atoms with Gasteiger partial charge in [0.25, 0.3) is 5.91 Å². The van der Waals surface area contributed by atoms with E-state index in [0.29, 0.717) is 11.3 Å². The van der Waals surface area contributed by atoms with Gasteiger partial charge in [0.05, 0.1) is 11.9 Å². The minimum Gasteiger partial charge on any atom is -0.480 e. The predicted octanol–water partition coefficient (Wildman–Crippen LogP) is 1.44. The molecule has 126 valence electrons. The van der Waals surface area contributed by atoms with Crippen LogP contribution in [0.15, 0.2) is 18.2 Å². The maximum atomic E-state index is 12.7. The van der Waals surface area contributed by atoms with Crippen molar-refractivity contribution in [2.24, 2.45) is 0 Å². The smallest absolute Gasteiger partial charge is 0.326 e. The summed E-state index contributed by atoms with van der Waals surface area (Å²) in [5.74, 6) is -1.47. The number of carboxylic acid groups (broad SMARTS) is 1. The van der Waals surface area contributed by atoms with Crippen LogP contribution < -0.4 is 4.72 Å². The van der Waals surface area contributed by atoms with Crippen molar-refractivity contribution < 1.29 is 23.1 Å². The summed E-state index contributed by atoms with van der Waals surface area (Å²) in [6.07, 6.45) is 2.59. The molecule has 0 aromatic heterocycles. The number of carbonyl (C=O) groups is 2. The lowest BCUT2D eigenvalue weighted by Gasteiger charge is -2.26. The Labute approximate surface area is 135 Å². The maximum absolute atomic E-state index is 12.7. The second-order valence-corrected chi connectivity index (χ2v) is 7.61. The molecule has 0 bridgehead atoms. The number of amides is 1. The minimum atomic E-state index is -3.47. The molecule has 0 spiro atoms. The van der Waals surface area contributed by atoms with E-state index in [1.54, 1.807) is 19.1 Å². The third-order valence-corrected chi connectivity index (χ3v) is 4.32. The first kappa shape index (κ1) is 17.3. The molecule has 1 fully saturated rings. The summed E-state index contributed by atoms with van der Waals surface area (Å²) in [5.41, 5.74) is 1.26.